The number of likely N-dealkylation sites (tertiary alicyclic amines) is 1. The fraction of sp³-hybridized carbons (Fsp3) is 0.667. The van der Waals surface area contributed by atoms with Crippen LogP contribution in [0.1, 0.15) is 25.7 Å². The number of rotatable bonds is 6. The zero-order chi connectivity index (χ0) is 22.7. The Bertz CT molecular complexity index is 800. The highest BCUT2D eigenvalue weighted by molar-refractivity contribution is 5.81. The van der Waals surface area contributed by atoms with Crippen molar-refractivity contribution in [2.75, 3.05) is 71.4 Å². The van der Waals surface area contributed by atoms with Crippen molar-refractivity contribution in [1.82, 2.24) is 14.7 Å². The number of anilines is 1. The third-order valence-electron chi connectivity index (χ3n) is 7.18. The molecule has 0 radical (unpaired) electrons. The van der Waals surface area contributed by atoms with E-state index in [0.717, 1.165) is 51.3 Å². The minimum absolute atomic E-state index is 0.0262. The molecular formula is C24H35FN4O3. The summed E-state index contributed by atoms with van der Waals surface area (Å²) in [4.78, 5) is 33.5. The fourth-order valence-corrected chi connectivity index (χ4v) is 5.17. The van der Waals surface area contributed by atoms with Gasteiger partial charge in [-0.25, -0.2) is 4.39 Å². The molecule has 1 aromatic rings. The lowest BCUT2D eigenvalue weighted by atomic mass is 9.75. The smallest absolute Gasteiger partial charge is 0.312 e. The second-order valence-corrected chi connectivity index (χ2v) is 9.72. The Hall–Kier alpha value is -2.19. The molecule has 0 aliphatic carbocycles. The largest absolute Gasteiger partial charge is 0.462 e. The van der Waals surface area contributed by atoms with E-state index in [0.29, 0.717) is 32.5 Å². The van der Waals surface area contributed by atoms with E-state index in [1.165, 1.54) is 12.1 Å². The van der Waals surface area contributed by atoms with Crippen molar-refractivity contribution in [3.05, 3.63) is 30.1 Å². The van der Waals surface area contributed by atoms with Gasteiger partial charge in [-0.1, -0.05) is 0 Å². The molecule has 3 aliphatic heterocycles. The Balaban J connectivity index is 1.20. The van der Waals surface area contributed by atoms with Gasteiger partial charge in [0.25, 0.3) is 0 Å². The van der Waals surface area contributed by atoms with Crippen molar-refractivity contribution in [1.29, 1.82) is 0 Å². The van der Waals surface area contributed by atoms with Crippen LogP contribution in [0.15, 0.2) is 24.3 Å². The first-order valence-electron chi connectivity index (χ1n) is 11.7. The van der Waals surface area contributed by atoms with Gasteiger partial charge in [0.1, 0.15) is 11.9 Å². The highest BCUT2D eigenvalue weighted by atomic mass is 19.1. The second-order valence-electron chi connectivity index (χ2n) is 9.72. The number of hydrogen-bond donors (Lipinski definition) is 0. The maximum Gasteiger partial charge on any atom is 0.312 e. The summed E-state index contributed by atoms with van der Waals surface area (Å²) in [6.07, 6.45) is 3.02. The molecule has 3 aliphatic rings. The highest BCUT2D eigenvalue weighted by Crippen LogP contribution is 2.44. The summed E-state index contributed by atoms with van der Waals surface area (Å²) in [6, 6.07) is 6.69. The van der Waals surface area contributed by atoms with Crippen LogP contribution in [0, 0.1) is 11.2 Å². The van der Waals surface area contributed by atoms with Gasteiger partial charge >= 0.3 is 5.97 Å². The van der Waals surface area contributed by atoms with Crippen LogP contribution in [0.25, 0.3) is 0 Å². The normalized spacial score (nSPS) is 23.8. The van der Waals surface area contributed by atoms with E-state index >= 15 is 0 Å². The summed E-state index contributed by atoms with van der Waals surface area (Å²) in [5.74, 6) is -0.141. The van der Waals surface area contributed by atoms with Crippen molar-refractivity contribution in [2.24, 2.45) is 5.41 Å². The third kappa shape index (κ3) is 5.23. The average Bonchev–Trinajstić information content (AvgIpc) is 3.08. The molecule has 3 heterocycles. The van der Waals surface area contributed by atoms with Crippen LogP contribution >= 0.6 is 0 Å². The molecule has 32 heavy (non-hydrogen) atoms. The minimum Gasteiger partial charge on any atom is -0.462 e. The van der Waals surface area contributed by atoms with Gasteiger partial charge in [-0.3, -0.25) is 14.5 Å². The van der Waals surface area contributed by atoms with E-state index in [-0.39, 0.29) is 23.8 Å². The molecule has 8 heteroatoms. The van der Waals surface area contributed by atoms with Crippen LogP contribution in [0.4, 0.5) is 10.1 Å². The number of halogens is 1. The first-order chi connectivity index (χ1) is 15.3. The van der Waals surface area contributed by atoms with Gasteiger partial charge in [-0.2, -0.15) is 0 Å². The van der Waals surface area contributed by atoms with Gasteiger partial charge in [-0.15, -0.1) is 0 Å². The summed E-state index contributed by atoms with van der Waals surface area (Å²) in [5.41, 5.74) is 0.661. The van der Waals surface area contributed by atoms with Crippen LogP contribution in [0.3, 0.4) is 0 Å². The summed E-state index contributed by atoms with van der Waals surface area (Å²) in [5, 5.41) is 0. The van der Waals surface area contributed by atoms with Crippen molar-refractivity contribution in [2.45, 2.75) is 31.8 Å². The molecule has 1 amide bonds. The number of nitrogens with zero attached hydrogens (tertiary/aromatic N) is 4. The van der Waals surface area contributed by atoms with Crippen molar-refractivity contribution >= 4 is 17.6 Å². The number of carbonyl (C=O) groups is 2. The molecule has 7 nitrogen and oxygen atoms in total. The molecule has 0 saturated carbocycles. The summed E-state index contributed by atoms with van der Waals surface area (Å²) >= 11 is 0. The first-order valence-corrected chi connectivity index (χ1v) is 11.7. The minimum atomic E-state index is -0.402. The van der Waals surface area contributed by atoms with Gasteiger partial charge in [0.2, 0.25) is 5.91 Å². The molecule has 4 rings (SSSR count). The van der Waals surface area contributed by atoms with Crippen LogP contribution in [0.2, 0.25) is 0 Å². The SMILES string of the molecule is CN(C)CC(=O)N1CCC2(CC1)CC(CCN1CCN(c3ccc(F)cc3)CC1)OC2=O. The zero-order valence-electron chi connectivity index (χ0n) is 19.3. The van der Waals surface area contributed by atoms with E-state index < -0.39 is 5.41 Å². The molecule has 1 aromatic carbocycles. The first kappa shape index (κ1) is 23.0. The Kier molecular flexibility index (Phi) is 7.00. The average molecular weight is 447 g/mol. The quantitative estimate of drug-likeness (QED) is 0.622. The maximum atomic E-state index is 13.1. The number of piperazine rings is 1. The number of cyclic esters (lactones) is 1. The molecule has 0 N–H and O–H groups in total. The fourth-order valence-electron chi connectivity index (χ4n) is 5.17. The lowest BCUT2D eigenvalue weighted by Crippen LogP contribution is -2.47. The number of amides is 1. The van der Waals surface area contributed by atoms with Crippen molar-refractivity contribution in [3.8, 4) is 0 Å². The number of carbonyl (C=O) groups excluding carboxylic acids is 2. The van der Waals surface area contributed by atoms with Crippen molar-refractivity contribution < 1.29 is 18.7 Å². The summed E-state index contributed by atoms with van der Waals surface area (Å²) in [6.45, 7) is 6.33. The second kappa shape index (κ2) is 9.75. The van der Waals surface area contributed by atoms with Crippen molar-refractivity contribution in [3.63, 3.8) is 0 Å². The lowest BCUT2D eigenvalue weighted by molar-refractivity contribution is -0.152. The number of ether oxygens (including phenoxy) is 1. The topological polar surface area (TPSA) is 56.3 Å². The van der Waals surface area contributed by atoms with E-state index in [4.69, 9.17) is 4.74 Å². The van der Waals surface area contributed by atoms with Gasteiger partial charge in [0.05, 0.1) is 12.0 Å². The predicted octanol–water partition coefficient (Wildman–Crippen LogP) is 1.82. The number of piperidine rings is 1. The van der Waals surface area contributed by atoms with E-state index in [2.05, 4.69) is 9.80 Å². The van der Waals surface area contributed by atoms with Gasteiger partial charge in [0, 0.05) is 57.9 Å². The zero-order valence-corrected chi connectivity index (χ0v) is 19.3. The van der Waals surface area contributed by atoms with Crippen LogP contribution < -0.4 is 4.90 Å². The molecular weight excluding hydrogens is 411 g/mol. The lowest BCUT2D eigenvalue weighted by Gasteiger charge is -2.37. The number of benzene rings is 1. The molecule has 1 spiro atoms. The Morgan fingerprint density at radius 2 is 1.75 bits per heavy atom. The van der Waals surface area contributed by atoms with E-state index in [9.17, 15) is 14.0 Å². The highest BCUT2D eigenvalue weighted by Gasteiger charge is 2.50. The molecule has 1 atom stereocenters. The summed E-state index contributed by atoms with van der Waals surface area (Å²) in [7, 11) is 3.79. The van der Waals surface area contributed by atoms with Gasteiger partial charge in [0.15, 0.2) is 0 Å². The summed E-state index contributed by atoms with van der Waals surface area (Å²) < 4.78 is 18.9. The number of esters is 1. The van der Waals surface area contributed by atoms with Gasteiger partial charge < -0.3 is 19.4 Å². The molecule has 176 valence electrons. The van der Waals surface area contributed by atoms with E-state index in [1.807, 2.05) is 36.0 Å². The molecule has 0 bridgehead atoms. The maximum absolute atomic E-state index is 13.1. The van der Waals surface area contributed by atoms with Crippen LogP contribution in [-0.4, -0.2) is 99.1 Å². The third-order valence-corrected chi connectivity index (χ3v) is 7.18. The van der Waals surface area contributed by atoms with Crippen LogP contribution in [-0.2, 0) is 14.3 Å². The van der Waals surface area contributed by atoms with E-state index in [1.54, 1.807) is 0 Å². The Morgan fingerprint density at radius 3 is 2.38 bits per heavy atom. The number of likely N-dealkylation sites (N-methyl/N-ethyl adjacent to an activating group) is 1. The molecule has 0 aromatic heterocycles. The monoisotopic (exact) mass is 446 g/mol. The predicted molar refractivity (Wildman–Crippen MR) is 121 cm³/mol. The Morgan fingerprint density at radius 1 is 1.09 bits per heavy atom. The molecule has 3 saturated heterocycles. The molecule has 3 fully saturated rings. The standard InChI is InChI=1S/C24H35FN4O3/c1-26(2)18-22(30)29-11-8-24(9-12-29)17-21(32-23(24)31)7-10-27-13-15-28(16-14-27)20-5-3-19(25)4-6-20/h3-6,21H,7-18H2,1-2H3. The van der Waals surface area contributed by atoms with Crippen LogP contribution in [0.5, 0.6) is 0 Å². The number of hydrogen-bond acceptors (Lipinski definition) is 6. The molecule has 1 unspecified atom stereocenters. The Labute approximate surface area is 190 Å². The van der Waals surface area contributed by atoms with Gasteiger partial charge in [-0.05, 0) is 57.6 Å².